The first kappa shape index (κ1) is 11.2. The summed E-state index contributed by atoms with van der Waals surface area (Å²) in [5.41, 5.74) is 5.18. The molecular formula is C11H19N3O2. The molecule has 0 atom stereocenters. The van der Waals surface area contributed by atoms with Crippen molar-refractivity contribution in [2.24, 2.45) is 5.73 Å². The number of hydrogen-bond acceptors (Lipinski definition) is 2. The number of nitrogens with zero attached hydrogens (tertiary/aromatic N) is 1. The Labute approximate surface area is 95.3 Å². The molecule has 3 amide bonds. The van der Waals surface area contributed by atoms with Gasteiger partial charge in [-0.05, 0) is 25.7 Å². The van der Waals surface area contributed by atoms with Gasteiger partial charge in [0.1, 0.15) is 6.54 Å². The predicted molar refractivity (Wildman–Crippen MR) is 59.7 cm³/mol. The fraction of sp³-hybridized carbons (Fsp3) is 0.818. The lowest BCUT2D eigenvalue weighted by atomic mass is 10.2. The van der Waals surface area contributed by atoms with Gasteiger partial charge in [0.05, 0.1) is 0 Å². The number of hydrogen-bond donors (Lipinski definition) is 2. The van der Waals surface area contributed by atoms with Crippen LogP contribution in [0.25, 0.3) is 0 Å². The lowest BCUT2D eigenvalue weighted by molar-refractivity contribution is -0.119. The summed E-state index contributed by atoms with van der Waals surface area (Å²) < 4.78 is 0. The second-order valence-electron chi connectivity index (χ2n) is 4.76. The highest BCUT2D eigenvalue weighted by molar-refractivity contribution is 5.83. The van der Waals surface area contributed by atoms with Crippen molar-refractivity contribution in [3.8, 4) is 0 Å². The lowest BCUT2D eigenvalue weighted by Gasteiger charge is -2.27. The van der Waals surface area contributed by atoms with Crippen molar-refractivity contribution in [3.63, 3.8) is 0 Å². The Hall–Kier alpha value is -1.26. The molecule has 0 aromatic carbocycles. The van der Waals surface area contributed by atoms with E-state index >= 15 is 0 Å². The first-order valence-electron chi connectivity index (χ1n) is 6.02. The van der Waals surface area contributed by atoms with Crippen LogP contribution in [-0.2, 0) is 4.79 Å². The minimum Gasteiger partial charge on any atom is -0.368 e. The molecule has 0 radical (unpaired) electrons. The predicted octanol–water partition coefficient (Wildman–Crippen LogP) is 0.588. The largest absolute Gasteiger partial charge is 0.368 e. The molecule has 0 saturated heterocycles. The zero-order valence-corrected chi connectivity index (χ0v) is 9.45. The zero-order valence-electron chi connectivity index (χ0n) is 9.45. The molecule has 90 valence electrons. The molecule has 0 spiro atoms. The van der Waals surface area contributed by atoms with Crippen molar-refractivity contribution in [2.45, 2.75) is 50.6 Å². The van der Waals surface area contributed by atoms with Gasteiger partial charge in [0.2, 0.25) is 5.91 Å². The molecule has 2 aliphatic carbocycles. The molecule has 2 aliphatic rings. The minimum absolute atomic E-state index is 0.0449. The summed E-state index contributed by atoms with van der Waals surface area (Å²) >= 11 is 0. The van der Waals surface area contributed by atoms with Crippen LogP contribution < -0.4 is 11.1 Å². The average molecular weight is 225 g/mol. The normalized spacial score (nSPS) is 20.8. The van der Waals surface area contributed by atoms with Gasteiger partial charge in [-0.3, -0.25) is 4.79 Å². The molecular weight excluding hydrogens is 206 g/mol. The van der Waals surface area contributed by atoms with Crippen molar-refractivity contribution < 1.29 is 9.59 Å². The van der Waals surface area contributed by atoms with Crippen molar-refractivity contribution in [1.29, 1.82) is 0 Å². The highest BCUT2D eigenvalue weighted by atomic mass is 16.2. The number of nitrogens with one attached hydrogen (secondary N) is 1. The molecule has 0 bridgehead atoms. The maximum atomic E-state index is 11.9. The Balaban J connectivity index is 1.93. The van der Waals surface area contributed by atoms with E-state index < -0.39 is 5.91 Å². The van der Waals surface area contributed by atoms with E-state index in [1.54, 1.807) is 4.90 Å². The number of amides is 3. The Kier molecular flexibility index (Phi) is 3.31. The van der Waals surface area contributed by atoms with Crippen LogP contribution in [0.3, 0.4) is 0 Å². The fourth-order valence-corrected chi connectivity index (χ4v) is 2.24. The summed E-state index contributed by atoms with van der Waals surface area (Å²) in [7, 11) is 0. The monoisotopic (exact) mass is 225 g/mol. The highest BCUT2D eigenvalue weighted by Crippen LogP contribution is 2.24. The number of carbonyl (C=O) groups excluding carboxylic acids is 2. The minimum atomic E-state index is -0.433. The van der Waals surface area contributed by atoms with Gasteiger partial charge in [-0.25, -0.2) is 4.79 Å². The van der Waals surface area contributed by atoms with E-state index in [0.29, 0.717) is 6.04 Å². The van der Waals surface area contributed by atoms with Crippen LogP contribution in [0.1, 0.15) is 38.5 Å². The molecule has 0 aromatic rings. The van der Waals surface area contributed by atoms with Gasteiger partial charge >= 0.3 is 6.03 Å². The molecule has 3 N–H and O–H groups in total. The number of nitrogens with two attached hydrogens (primary N) is 1. The van der Waals surface area contributed by atoms with Crippen molar-refractivity contribution in [1.82, 2.24) is 10.2 Å². The smallest absolute Gasteiger partial charge is 0.318 e. The van der Waals surface area contributed by atoms with Gasteiger partial charge in [0, 0.05) is 12.1 Å². The van der Waals surface area contributed by atoms with Crippen LogP contribution in [0.5, 0.6) is 0 Å². The maximum Gasteiger partial charge on any atom is 0.318 e. The topological polar surface area (TPSA) is 75.4 Å². The third-order valence-corrected chi connectivity index (χ3v) is 3.26. The summed E-state index contributed by atoms with van der Waals surface area (Å²) in [6, 6.07) is 0.406. The molecule has 0 unspecified atom stereocenters. The first-order chi connectivity index (χ1) is 7.66. The summed E-state index contributed by atoms with van der Waals surface area (Å²) in [6.45, 7) is 0.0449. The molecule has 0 heterocycles. The molecule has 0 aromatic heterocycles. The van der Waals surface area contributed by atoms with Gasteiger partial charge < -0.3 is 16.0 Å². The van der Waals surface area contributed by atoms with E-state index in [1.807, 2.05) is 0 Å². The van der Waals surface area contributed by atoms with E-state index in [0.717, 1.165) is 38.5 Å². The fourth-order valence-electron chi connectivity index (χ4n) is 2.24. The van der Waals surface area contributed by atoms with Crippen LogP contribution in [0.2, 0.25) is 0 Å². The van der Waals surface area contributed by atoms with Crippen LogP contribution in [0.15, 0.2) is 0 Å². The quantitative estimate of drug-likeness (QED) is 0.734. The SMILES string of the molecule is NC(=O)CN(C(=O)NC1CC1)C1CCCC1. The molecule has 2 fully saturated rings. The highest BCUT2D eigenvalue weighted by Gasteiger charge is 2.31. The summed E-state index contributed by atoms with van der Waals surface area (Å²) in [6.07, 6.45) is 6.37. The third-order valence-electron chi connectivity index (χ3n) is 3.26. The Morgan fingerprint density at radius 1 is 1.19 bits per heavy atom. The number of carbonyl (C=O) groups is 2. The Bertz CT molecular complexity index is 283. The van der Waals surface area contributed by atoms with E-state index in [1.165, 1.54) is 0 Å². The first-order valence-corrected chi connectivity index (χ1v) is 6.02. The Morgan fingerprint density at radius 3 is 2.31 bits per heavy atom. The second kappa shape index (κ2) is 4.72. The second-order valence-corrected chi connectivity index (χ2v) is 4.76. The van der Waals surface area contributed by atoms with Crippen LogP contribution in [0, 0.1) is 0 Å². The molecule has 2 saturated carbocycles. The molecule has 5 heteroatoms. The third kappa shape index (κ3) is 2.87. The maximum absolute atomic E-state index is 11.9. The molecule has 5 nitrogen and oxygen atoms in total. The Morgan fingerprint density at radius 2 is 1.81 bits per heavy atom. The van der Waals surface area contributed by atoms with E-state index in [2.05, 4.69) is 5.32 Å². The zero-order chi connectivity index (χ0) is 11.5. The number of urea groups is 1. The standard InChI is InChI=1S/C11H19N3O2/c12-10(15)7-14(9-3-1-2-4-9)11(16)13-8-5-6-8/h8-9H,1-7H2,(H2,12,15)(H,13,16). The summed E-state index contributed by atoms with van der Waals surface area (Å²) in [4.78, 5) is 24.5. The van der Waals surface area contributed by atoms with Crippen molar-refractivity contribution >= 4 is 11.9 Å². The van der Waals surface area contributed by atoms with Gasteiger partial charge in [-0.15, -0.1) is 0 Å². The number of primary amides is 1. The van der Waals surface area contributed by atoms with Gasteiger partial charge in [0.25, 0.3) is 0 Å². The average Bonchev–Trinajstić information content (AvgIpc) is 2.87. The molecule has 2 rings (SSSR count). The van der Waals surface area contributed by atoms with Crippen molar-refractivity contribution in [3.05, 3.63) is 0 Å². The van der Waals surface area contributed by atoms with Gasteiger partial charge in [0.15, 0.2) is 0 Å². The van der Waals surface area contributed by atoms with Crippen molar-refractivity contribution in [2.75, 3.05) is 6.54 Å². The summed E-state index contributed by atoms with van der Waals surface area (Å²) in [5.74, 6) is -0.433. The van der Waals surface area contributed by atoms with Crippen LogP contribution in [0.4, 0.5) is 4.79 Å². The van der Waals surface area contributed by atoms with Crippen LogP contribution >= 0.6 is 0 Å². The van der Waals surface area contributed by atoms with Crippen LogP contribution in [-0.4, -0.2) is 35.5 Å². The lowest BCUT2D eigenvalue weighted by Crippen LogP contribution is -2.49. The summed E-state index contributed by atoms with van der Waals surface area (Å²) in [5, 5.41) is 2.92. The van der Waals surface area contributed by atoms with E-state index in [9.17, 15) is 9.59 Å². The van der Waals surface area contributed by atoms with Gasteiger partial charge in [-0.2, -0.15) is 0 Å². The molecule has 16 heavy (non-hydrogen) atoms. The van der Waals surface area contributed by atoms with Gasteiger partial charge in [-0.1, -0.05) is 12.8 Å². The van der Waals surface area contributed by atoms with E-state index in [4.69, 9.17) is 5.73 Å². The molecule has 0 aliphatic heterocycles. The van der Waals surface area contributed by atoms with E-state index in [-0.39, 0.29) is 18.6 Å². The number of rotatable bonds is 4.